The molecule has 1 aromatic rings. The molecule has 1 aromatic carbocycles. The number of rotatable bonds is 6. The van der Waals surface area contributed by atoms with Crippen LogP contribution in [-0.4, -0.2) is 24.5 Å². The highest BCUT2D eigenvalue weighted by Gasteiger charge is 2.28. The van der Waals surface area contributed by atoms with Gasteiger partial charge >= 0.3 is 0 Å². The van der Waals surface area contributed by atoms with Crippen LogP contribution in [0.1, 0.15) is 31.4 Å². The molecule has 2 rings (SSSR count). The average molecular weight is 254 g/mol. The normalized spacial score (nSPS) is 17.2. The first-order valence-electron chi connectivity index (χ1n) is 6.54. The second-order valence-electron chi connectivity index (χ2n) is 4.95. The number of nitrogens with two attached hydrogens (primary N) is 1. The molecule has 0 spiro atoms. The first-order chi connectivity index (χ1) is 8.65. The lowest BCUT2D eigenvalue weighted by Gasteiger charge is -2.30. The van der Waals surface area contributed by atoms with Crippen LogP contribution < -0.4 is 5.73 Å². The van der Waals surface area contributed by atoms with Gasteiger partial charge in [-0.15, -0.1) is 0 Å². The number of hydrogen-bond acceptors (Lipinski definition) is 2. The Kier molecular flexibility index (Phi) is 4.30. The summed E-state index contributed by atoms with van der Waals surface area (Å²) in [7, 11) is 0. The molecule has 0 amide bonds. The van der Waals surface area contributed by atoms with Gasteiger partial charge in [-0.1, -0.05) is 6.92 Å². The molecule has 1 unspecified atom stereocenters. The van der Waals surface area contributed by atoms with Crippen LogP contribution in [0.4, 0.5) is 8.78 Å². The van der Waals surface area contributed by atoms with Crippen LogP contribution in [0.2, 0.25) is 0 Å². The van der Waals surface area contributed by atoms with Gasteiger partial charge in [-0.2, -0.15) is 0 Å². The van der Waals surface area contributed by atoms with E-state index in [1.165, 1.54) is 25.0 Å². The molecule has 0 heterocycles. The molecule has 2 nitrogen and oxygen atoms in total. The monoisotopic (exact) mass is 254 g/mol. The van der Waals surface area contributed by atoms with Crippen molar-refractivity contribution in [3.8, 4) is 0 Å². The molecule has 0 aromatic heterocycles. The van der Waals surface area contributed by atoms with E-state index in [-0.39, 0.29) is 11.9 Å². The van der Waals surface area contributed by atoms with E-state index in [0.29, 0.717) is 18.0 Å². The van der Waals surface area contributed by atoms with Crippen LogP contribution in [0, 0.1) is 17.6 Å². The summed E-state index contributed by atoms with van der Waals surface area (Å²) in [5.41, 5.74) is 6.14. The second kappa shape index (κ2) is 5.76. The third-order valence-electron chi connectivity index (χ3n) is 3.58. The third kappa shape index (κ3) is 3.06. The van der Waals surface area contributed by atoms with Crippen LogP contribution in [0.3, 0.4) is 0 Å². The van der Waals surface area contributed by atoms with Crippen LogP contribution in [0.25, 0.3) is 0 Å². The molecular weight excluding hydrogens is 234 g/mol. The smallest absolute Gasteiger partial charge is 0.128 e. The number of benzene rings is 1. The van der Waals surface area contributed by atoms with Crippen molar-refractivity contribution in [3.05, 3.63) is 35.4 Å². The summed E-state index contributed by atoms with van der Waals surface area (Å²) in [6, 6.07) is 3.36. The van der Waals surface area contributed by atoms with Gasteiger partial charge < -0.3 is 5.73 Å². The fourth-order valence-electron chi connectivity index (χ4n) is 2.35. The minimum atomic E-state index is -0.410. The molecule has 0 aliphatic heterocycles. The van der Waals surface area contributed by atoms with Gasteiger partial charge in [-0.05, 0) is 43.5 Å². The van der Waals surface area contributed by atoms with Crippen LogP contribution in [-0.2, 0) is 0 Å². The molecule has 0 bridgehead atoms. The molecule has 0 saturated heterocycles. The van der Waals surface area contributed by atoms with Crippen molar-refractivity contribution in [3.63, 3.8) is 0 Å². The van der Waals surface area contributed by atoms with E-state index >= 15 is 0 Å². The highest BCUT2D eigenvalue weighted by atomic mass is 19.1. The maximum absolute atomic E-state index is 13.8. The van der Waals surface area contributed by atoms with E-state index < -0.39 is 5.82 Å². The lowest BCUT2D eigenvalue weighted by atomic mass is 10.0. The number of nitrogens with zero attached hydrogens (tertiary/aromatic N) is 1. The summed E-state index contributed by atoms with van der Waals surface area (Å²) in [4.78, 5) is 2.15. The van der Waals surface area contributed by atoms with E-state index in [0.717, 1.165) is 19.2 Å². The van der Waals surface area contributed by atoms with Crippen molar-refractivity contribution in [2.75, 3.05) is 19.6 Å². The Morgan fingerprint density at radius 1 is 1.39 bits per heavy atom. The Balaban J connectivity index is 2.21. The van der Waals surface area contributed by atoms with Gasteiger partial charge in [0.05, 0.1) is 0 Å². The Hall–Kier alpha value is -1.00. The summed E-state index contributed by atoms with van der Waals surface area (Å²) in [6.07, 6.45) is 2.47. The van der Waals surface area contributed by atoms with Crippen molar-refractivity contribution >= 4 is 0 Å². The average Bonchev–Trinajstić information content (AvgIpc) is 3.17. The molecule has 1 aliphatic carbocycles. The lowest BCUT2D eigenvalue weighted by molar-refractivity contribution is 0.199. The van der Waals surface area contributed by atoms with Gasteiger partial charge in [0.25, 0.3) is 0 Å². The molecular formula is C14H20F2N2. The van der Waals surface area contributed by atoms with Gasteiger partial charge in [0.1, 0.15) is 11.6 Å². The van der Waals surface area contributed by atoms with Crippen molar-refractivity contribution in [2.45, 2.75) is 25.8 Å². The zero-order valence-corrected chi connectivity index (χ0v) is 10.7. The summed E-state index contributed by atoms with van der Waals surface area (Å²) < 4.78 is 27.1. The Bertz CT molecular complexity index is 405. The van der Waals surface area contributed by atoms with E-state index in [2.05, 4.69) is 4.90 Å². The quantitative estimate of drug-likeness (QED) is 0.845. The topological polar surface area (TPSA) is 29.3 Å². The van der Waals surface area contributed by atoms with Gasteiger partial charge in [0.15, 0.2) is 0 Å². The van der Waals surface area contributed by atoms with Crippen molar-refractivity contribution in [2.24, 2.45) is 11.7 Å². The van der Waals surface area contributed by atoms with Crippen molar-refractivity contribution in [1.82, 2.24) is 4.90 Å². The summed E-state index contributed by atoms with van der Waals surface area (Å²) in [5, 5.41) is 0. The van der Waals surface area contributed by atoms with Crippen LogP contribution in [0.5, 0.6) is 0 Å². The van der Waals surface area contributed by atoms with Crippen LogP contribution >= 0.6 is 0 Å². The number of halogens is 2. The fraction of sp³-hybridized carbons (Fsp3) is 0.571. The lowest BCUT2D eigenvalue weighted by Crippen LogP contribution is -2.35. The number of hydrogen-bond donors (Lipinski definition) is 1. The van der Waals surface area contributed by atoms with Crippen molar-refractivity contribution < 1.29 is 8.78 Å². The second-order valence-corrected chi connectivity index (χ2v) is 4.95. The Labute approximate surface area is 107 Å². The van der Waals surface area contributed by atoms with Gasteiger partial charge in [-0.3, -0.25) is 4.90 Å². The molecule has 2 N–H and O–H groups in total. The van der Waals surface area contributed by atoms with E-state index in [1.807, 2.05) is 6.92 Å². The molecule has 1 atom stereocenters. The molecule has 4 heteroatoms. The fourth-order valence-corrected chi connectivity index (χ4v) is 2.35. The SMILES string of the molecule is CCN(CC1CC1)C(CN)c1cc(F)ccc1F. The first kappa shape index (κ1) is 13.4. The number of likely N-dealkylation sites (N-methyl/N-ethyl adjacent to an activating group) is 1. The maximum atomic E-state index is 13.8. The maximum Gasteiger partial charge on any atom is 0.128 e. The van der Waals surface area contributed by atoms with Gasteiger partial charge in [-0.25, -0.2) is 8.78 Å². The zero-order valence-electron chi connectivity index (χ0n) is 10.7. The van der Waals surface area contributed by atoms with Gasteiger partial charge in [0.2, 0.25) is 0 Å². The molecule has 1 fully saturated rings. The predicted molar refractivity (Wildman–Crippen MR) is 68.1 cm³/mol. The minimum absolute atomic E-state index is 0.230. The highest BCUT2D eigenvalue weighted by molar-refractivity contribution is 5.23. The predicted octanol–water partition coefficient (Wildman–Crippen LogP) is 2.70. The van der Waals surface area contributed by atoms with E-state index in [1.54, 1.807) is 0 Å². The summed E-state index contributed by atoms with van der Waals surface area (Å²) >= 11 is 0. The highest BCUT2D eigenvalue weighted by Crippen LogP contribution is 2.33. The molecule has 0 radical (unpaired) electrons. The molecule has 100 valence electrons. The first-order valence-corrected chi connectivity index (χ1v) is 6.54. The molecule has 1 aliphatic rings. The minimum Gasteiger partial charge on any atom is -0.329 e. The Morgan fingerprint density at radius 2 is 2.11 bits per heavy atom. The van der Waals surface area contributed by atoms with Crippen LogP contribution in [0.15, 0.2) is 18.2 Å². The molecule has 18 heavy (non-hydrogen) atoms. The Morgan fingerprint density at radius 3 is 2.67 bits per heavy atom. The summed E-state index contributed by atoms with van der Waals surface area (Å²) in [6.45, 7) is 4.06. The van der Waals surface area contributed by atoms with Gasteiger partial charge in [0, 0.05) is 24.7 Å². The third-order valence-corrected chi connectivity index (χ3v) is 3.58. The molecule has 1 saturated carbocycles. The zero-order chi connectivity index (χ0) is 13.1. The largest absolute Gasteiger partial charge is 0.329 e. The standard InChI is InChI=1S/C14H20F2N2/c1-2-18(9-10-3-4-10)14(8-17)12-7-11(15)5-6-13(12)16/h5-7,10,14H,2-4,8-9,17H2,1H3. The van der Waals surface area contributed by atoms with Crippen molar-refractivity contribution in [1.29, 1.82) is 0 Å². The van der Waals surface area contributed by atoms with E-state index in [4.69, 9.17) is 5.73 Å². The van der Waals surface area contributed by atoms with E-state index in [9.17, 15) is 8.78 Å². The summed E-state index contributed by atoms with van der Waals surface area (Å²) in [5.74, 6) is -0.0796.